The van der Waals surface area contributed by atoms with Crippen LogP contribution in [0.3, 0.4) is 0 Å². The van der Waals surface area contributed by atoms with Crippen molar-refractivity contribution < 1.29 is 9.90 Å². The van der Waals surface area contributed by atoms with Crippen molar-refractivity contribution in [3.8, 4) is 0 Å². The van der Waals surface area contributed by atoms with Gasteiger partial charge in [-0.3, -0.25) is 9.78 Å². The zero-order chi connectivity index (χ0) is 15.8. The normalized spacial score (nSPS) is 11.9. The molecule has 1 amide bonds. The summed E-state index contributed by atoms with van der Waals surface area (Å²) in [6, 6.07) is 12.9. The quantitative estimate of drug-likeness (QED) is 0.823. The molecule has 0 aliphatic carbocycles. The van der Waals surface area contributed by atoms with E-state index in [9.17, 15) is 9.90 Å². The van der Waals surface area contributed by atoms with E-state index < -0.39 is 0 Å². The van der Waals surface area contributed by atoms with Gasteiger partial charge in [0.05, 0.1) is 6.42 Å². The Balaban J connectivity index is 1.81. The molecule has 0 spiro atoms. The molecule has 2 aromatic rings. The van der Waals surface area contributed by atoms with E-state index in [4.69, 9.17) is 11.6 Å². The van der Waals surface area contributed by atoms with Crippen LogP contribution in [0.2, 0.25) is 5.02 Å². The van der Waals surface area contributed by atoms with Gasteiger partial charge in [-0.25, -0.2) is 0 Å². The minimum absolute atomic E-state index is 0.00796. The average Bonchev–Trinajstić information content (AvgIpc) is 2.52. The maximum absolute atomic E-state index is 11.9. The number of aliphatic hydroxyl groups is 1. The Morgan fingerprint density at radius 2 is 2.14 bits per heavy atom. The Morgan fingerprint density at radius 1 is 1.27 bits per heavy atom. The highest BCUT2D eigenvalue weighted by Gasteiger charge is 2.11. The second-order valence-electron chi connectivity index (χ2n) is 5.18. The van der Waals surface area contributed by atoms with E-state index in [-0.39, 0.29) is 24.9 Å². The maximum atomic E-state index is 11.9. The molecule has 0 saturated heterocycles. The van der Waals surface area contributed by atoms with Crippen molar-refractivity contribution >= 4 is 17.5 Å². The molecule has 4 nitrogen and oxygen atoms in total. The van der Waals surface area contributed by atoms with Gasteiger partial charge in [-0.1, -0.05) is 29.8 Å². The molecular formula is C17H19ClN2O2. The number of carbonyl (C=O) groups excluding carboxylic acids is 1. The number of nitrogens with zero attached hydrogens (tertiary/aromatic N) is 1. The van der Waals surface area contributed by atoms with E-state index in [1.807, 2.05) is 30.3 Å². The largest absolute Gasteiger partial charge is 0.396 e. The Morgan fingerprint density at radius 3 is 2.82 bits per heavy atom. The number of aliphatic hydroxyl groups excluding tert-OH is 1. The molecule has 22 heavy (non-hydrogen) atoms. The summed E-state index contributed by atoms with van der Waals surface area (Å²) >= 11 is 5.90. The fourth-order valence-electron chi connectivity index (χ4n) is 2.17. The molecule has 2 N–H and O–H groups in total. The Bertz CT molecular complexity index is 605. The molecule has 0 fully saturated rings. The van der Waals surface area contributed by atoms with Crippen molar-refractivity contribution in [1.29, 1.82) is 0 Å². The van der Waals surface area contributed by atoms with Crippen molar-refractivity contribution in [2.75, 3.05) is 13.2 Å². The van der Waals surface area contributed by atoms with Crippen LogP contribution in [0.1, 0.15) is 11.3 Å². The number of carbonyl (C=O) groups is 1. The fourth-order valence-corrected chi connectivity index (χ4v) is 2.38. The van der Waals surface area contributed by atoms with Gasteiger partial charge in [0.25, 0.3) is 0 Å². The number of pyridine rings is 1. The molecule has 116 valence electrons. The van der Waals surface area contributed by atoms with Gasteiger partial charge in [0.15, 0.2) is 0 Å². The van der Waals surface area contributed by atoms with E-state index in [0.717, 1.165) is 11.3 Å². The van der Waals surface area contributed by atoms with Crippen LogP contribution in [-0.4, -0.2) is 29.1 Å². The molecule has 0 aliphatic rings. The molecule has 0 saturated carbocycles. The van der Waals surface area contributed by atoms with Crippen LogP contribution in [0.25, 0.3) is 0 Å². The second-order valence-corrected chi connectivity index (χ2v) is 5.62. The Hall–Kier alpha value is -1.91. The van der Waals surface area contributed by atoms with Crippen molar-refractivity contribution in [3.05, 3.63) is 64.9 Å². The van der Waals surface area contributed by atoms with E-state index in [0.29, 0.717) is 18.0 Å². The summed E-state index contributed by atoms with van der Waals surface area (Å²) in [7, 11) is 0. The highest BCUT2D eigenvalue weighted by atomic mass is 35.5. The first-order valence-electron chi connectivity index (χ1n) is 7.19. The van der Waals surface area contributed by atoms with Gasteiger partial charge in [-0.05, 0) is 36.2 Å². The third kappa shape index (κ3) is 5.47. The molecule has 1 atom stereocenters. The molecule has 1 aromatic carbocycles. The summed E-state index contributed by atoms with van der Waals surface area (Å²) in [5.41, 5.74) is 1.78. The molecule has 0 bridgehead atoms. The minimum Gasteiger partial charge on any atom is -0.396 e. The minimum atomic E-state index is -0.0817. The molecule has 1 heterocycles. The van der Waals surface area contributed by atoms with Crippen LogP contribution in [0.15, 0.2) is 48.7 Å². The van der Waals surface area contributed by atoms with Gasteiger partial charge in [-0.15, -0.1) is 0 Å². The van der Waals surface area contributed by atoms with Crippen molar-refractivity contribution in [1.82, 2.24) is 10.3 Å². The summed E-state index contributed by atoms with van der Waals surface area (Å²) < 4.78 is 0. The molecule has 0 radical (unpaired) electrons. The highest BCUT2D eigenvalue weighted by Crippen LogP contribution is 2.11. The summed E-state index contributed by atoms with van der Waals surface area (Å²) in [5, 5.41) is 12.9. The zero-order valence-electron chi connectivity index (χ0n) is 12.2. The van der Waals surface area contributed by atoms with Gasteiger partial charge in [0.2, 0.25) is 5.91 Å². The summed E-state index contributed by atoms with van der Waals surface area (Å²) in [6.45, 7) is 0.431. The topological polar surface area (TPSA) is 62.2 Å². The first-order valence-corrected chi connectivity index (χ1v) is 7.57. The Kier molecular flexibility index (Phi) is 6.37. The monoisotopic (exact) mass is 318 g/mol. The van der Waals surface area contributed by atoms with Crippen molar-refractivity contribution in [3.63, 3.8) is 0 Å². The standard InChI is InChI=1S/C17H19ClN2O2/c18-15-5-3-4-13(8-15)10-17(22)20-11-14(12-21)9-16-6-1-2-7-19-16/h1-8,14,21H,9-12H2,(H,20,22). The van der Waals surface area contributed by atoms with E-state index >= 15 is 0 Å². The van der Waals surface area contributed by atoms with Crippen molar-refractivity contribution in [2.45, 2.75) is 12.8 Å². The lowest BCUT2D eigenvalue weighted by molar-refractivity contribution is -0.120. The third-order valence-electron chi connectivity index (χ3n) is 3.32. The van der Waals surface area contributed by atoms with Gasteiger partial charge < -0.3 is 10.4 Å². The average molecular weight is 319 g/mol. The molecule has 1 unspecified atom stereocenters. The Labute approximate surface area is 135 Å². The first-order chi connectivity index (χ1) is 10.7. The number of rotatable bonds is 7. The number of amides is 1. The number of hydrogen-bond acceptors (Lipinski definition) is 3. The fraction of sp³-hybridized carbons (Fsp3) is 0.294. The van der Waals surface area contributed by atoms with Crippen LogP contribution in [-0.2, 0) is 17.6 Å². The maximum Gasteiger partial charge on any atom is 0.224 e. The van der Waals surface area contributed by atoms with Crippen LogP contribution in [0, 0.1) is 5.92 Å². The lowest BCUT2D eigenvalue weighted by Gasteiger charge is -2.14. The van der Waals surface area contributed by atoms with Gasteiger partial charge in [0, 0.05) is 36.0 Å². The van der Waals surface area contributed by atoms with Crippen LogP contribution >= 0.6 is 11.6 Å². The highest BCUT2D eigenvalue weighted by molar-refractivity contribution is 6.30. The van der Waals surface area contributed by atoms with Crippen LogP contribution < -0.4 is 5.32 Å². The van der Waals surface area contributed by atoms with Crippen LogP contribution in [0.5, 0.6) is 0 Å². The predicted molar refractivity (Wildman–Crippen MR) is 86.7 cm³/mol. The smallest absolute Gasteiger partial charge is 0.224 e. The number of nitrogens with one attached hydrogen (secondary N) is 1. The number of hydrogen-bond donors (Lipinski definition) is 2. The lowest BCUT2D eigenvalue weighted by atomic mass is 10.0. The summed E-state index contributed by atoms with van der Waals surface area (Å²) in [4.78, 5) is 16.2. The molecule has 0 aliphatic heterocycles. The first kappa shape index (κ1) is 16.5. The van der Waals surface area contributed by atoms with Gasteiger partial charge in [0.1, 0.15) is 0 Å². The van der Waals surface area contributed by atoms with E-state index in [2.05, 4.69) is 10.3 Å². The van der Waals surface area contributed by atoms with Crippen LogP contribution in [0.4, 0.5) is 0 Å². The third-order valence-corrected chi connectivity index (χ3v) is 3.56. The molecule has 1 aromatic heterocycles. The van der Waals surface area contributed by atoms with Gasteiger partial charge >= 0.3 is 0 Å². The summed E-state index contributed by atoms with van der Waals surface area (Å²) in [5.74, 6) is -0.125. The number of aromatic nitrogens is 1. The molecule has 2 rings (SSSR count). The SMILES string of the molecule is O=C(Cc1cccc(Cl)c1)NCC(CO)Cc1ccccn1. The molecule has 5 heteroatoms. The number of halogens is 1. The van der Waals surface area contributed by atoms with Gasteiger partial charge in [-0.2, -0.15) is 0 Å². The number of benzene rings is 1. The second kappa shape index (κ2) is 8.51. The lowest BCUT2D eigenvalue weighted by Crippen LogP contribution is -2.33. The summed E-state index contributed by atoms with van der Waals surface area (Å²) in [6.07, 6.45) is 2.64. The van der Waals surface area contributed by atoms with Crippen molar-refractivity contribution in [2.24, 2.45) is 5.92 Å². The predicted octanol–water partition coefficient (Wildman–Crippen LogP) is 2.24. The zero-order valence-corrected chi connectivity index (χ0v) is 13.0. The van der Waals surface area contributed by atoms with E-state index in [1.165, 1.54) is 0 Å². The molecular weight excluding hydrogens is 300 g/mol. The van der Waals surface area contributed by atoms with E-state index in [1.54, 1.807) is 18.3 Å².